The van der Waals surface area contributed by atoms with E-state index in [1.165, 1.54) is 5.56 Å². The quantitative estimate of drug-likeness (QED) is 0.849. The summed E-state index contributed by atoms with van der Waals surface area (Å²) in [5.74, 6) is 0.118. The summed E-state index contributed by atoms with van der Waals surface area (Å²) in [5.41, 5.74) is 4.04. The molecule has 5 nitrogen and oxygen atoms in total. The summed E-state index contributed by atoms with van der Waals surface area (Å²) in [5, 5.41) is 3.58. The lowest BCUT2D eigenvalue weighted by Crippen LogP contribution is -3.14. The molecule has 0 unspecified atom stereocenters. The van der Waals surface area contributed by atoms with Gasteiger partial charge in [0, 0.05) is 18.7 Å². The van der Waals surface area contributed by atoms with Gasteiger partial charge in [-0.1, -0.05) is 42.0 Å². The van der Waals surface area contributed by atoms with Crippen LogP contribution in [0.1, 0.15) is 34.1 Å². The molecule has 1 saturated heterocycles. The van der Waals surface area contributed by atoms with E-state index in [0.717, 1.165) is 62.6 Å². The van der Waals surface area contributed by atoms with Gasteiger partial charge in [0.1, 0.15) is 19.3 Å². The molecule has 2 heterocycles. The minimum absolute atomic E-state index is 0.118. The van der Waals surface area contributed by atoms with Crippen LogP contribution >= 0.6 is 0 Å². The number of fused-ring (bicyclic) bond motifs is 1. The first kappa shape index (κ1) is 18.0. The van der Waals surface area contributed by atoms with Crippen LogP contribution in [0.3, 0.4) is 0 Å². The minimum atomic E-state index is -0.118. The molecule has 2 aliphatic heterocycles. The van der Waals surface area contributed by atoms with E-state index in [2.05, 4.69) is 36.5 Å². The van der Waals surface area contributed by atoms with E-state index in [1.807, 2.05) is 29.2 Å². The zero-order valence-corrected chi connectivity index (χ0v) is 15.9. The minimum Gasteiger partial charge on any atom is -0.370 e. The molecule has 0 radical (unpaired) electrons. The fraction of sp³-hybridized carbons (Fsp3) is 0.409. The van der Waals surface area contributed by atoms with Crippen LogP contribution in [0.2, 0.25) is 0 Å². The highest BCUT2D eigenvalue weighted by Crippen LogP contribution is 2.33. The van der Waals surface area contributed by atoms with E-state index in [4.69, 9.17) is 4.74 Å². The van der Waals surface area contributed by atoms with Crippen LogP contribution < -0.4 is 10.2 Å². The molecule has 27 heavy (non-hydrogen) atoms. The number of aryl methyl sites for hydroxylation is 1. The lowest BCUT2D eigenvalue weighted by atomic mass is 10.0. The van der Waals surface area contributed by atoms with Crippen molar-refractivity contribution in [2.45, 2.75) is 19.5 Å². The van der Waals surface area contributed by atoms with Crippen LogP contribution in [-0.2, 0) is 4.74 Å². The predicted octanol–water partition coefficient (Wildman–Crippen LogP) is 1.87. The van der Waals surface area contributed by atoms with Crippen molar-refractivity contribution < 1.29 is 14.4 Å². The molecule has 1 fully saturated rings. The standard InChI is InChI=1S/C22H27N3O2/c1-17-7-9-18(10-8-17)21-23-20-6-3-2-5-19(20)22(26)25(21)12-4-11-24-13-15-27-16-14-24/h2-3,5-10,21,23H,4,11-16H2,1H3/p+1/t21-/m0/s1. The number of carbonyl (C=O) groups excluding carboxylic acids is 1. The second kappa shape index (κ2) is 8.11. The highest BCUT2D eigenvalue weighted by atomic mass is 16.5. The maximum atomic E-state index is 13.2. The van der Waals surface area contributed by atoms with Crippen LogP contribution in [0, 0.1) is 6.92 Å². The normalized spacial score (nSPS) is 20.3. The maximum absolute atomic E-state index is 13.2. The predicted molar refractivity (Wildman–Crippen MR) is 106 cm³/mol. The number of morpholine rings is 1. The van der Waals surface area contributed by atoms with Gasteiger partial charge in [0.2, 0.25) is 0 Å². The summed E-state index contributed by atoms with van der Waals surface area (Å²) in [7, 11) is 0. The van der Waals surface area contributed by atoms with E-state index in [1.54, 1.807) is 4.90 Å². The molecular formula is C22H28N3O2+. The summed E-state index contributed by atoms with van der Waals surface area (Å²) in [6.07, 6.45) is 0.875. The number of para-hydroxylation sites is 1. The molecule has 0 bridgehead atoms. The number of ether oxygens (including phenoxy) is 1. The van der Waals surface area contributed by atoms with Gasteiger partial charge in [0.25, 0.3) is 5.91 Å². The molecule has 1 amide bonds. The molecule has 0 aliphatic carbocycles. The molecular weight excluding hydrogens is 338 g/mol. The van der Waals surface area contributed by atoms with Crippen molar-refractivity contribution in [2.24, 2.45) is 0 Å². The Morgan fingerprint density at radius 1 is 1.11 bits per heavy atom. The third kappa shape index (κ3) is 3.99. The van der Waals surface area contributed by atoms with Crippen molar-refractivity contribution in [1.29, 1.82) is 0 Å². The number of hydrogen-bond acceptors (Lipinski definition) is 3. The number of anilines is 1. The van der Waals surface area contributed by atoms with E-state index >= 15 is 0 Å². The second-order valence-electron chi connectivity index (χ2n) is 7.47. The van der Waals surface area contributed by atoms with Crippen molar-refractivity contribution in [2.75, 3.05) is 44.7 Å². The molecule has 1 atom stereocenters. The van der Waals surface area contributed by atoms with Crippen molar-refractivity contribution in [3.8, 4) is 0 Å². The van der Waals surface area contributed by atoms with E-state index in [-0.39, 0.29) is 12.1 Å². The Morgan fingerprint density at radius 2 is 1.85 bits per heavy atom. The van der Waals surface area contributed by atoms with Crippen LogP contribution in [0.25, 0.3) is 0 Å². The number of hydrogen-bond donors (Lipinski definition) is 2. The SMILES string of the molecule is Cc1ccc([C@H]2Nc3ccccc3C(=O)N2CCC[NH+]2CCOCC2)cc1. The number of carbonyl (C=O) groups is 1. The van der Waals surface area contributed by atoms with Gasteiger partial charge in [-0.15, -0.1) is 0 Å². The molecule has 5 heteroatoms. The van der Waals surface area contributed by atoms with Crippen molar-refractivity contribution in [1.82, 2.24) is 4.90 Å². The zero-order chi connectivity index (χ0) is 18.6. The van der Waals surface area contributed by atoms with Gasteiger partial charge in [-0.25, -0.2) is 0 Å². The summed E-state index contributed by atoms with van der Waals surface area (Å²) < 4.78 is 5.44. The molecule has 2 aliphatic rings. The number of amides is 1. The van der Waals surface area contributed by atoms with Crippen LogP contribution in [-0.4, -0.2) is 50.2 Å². The number of nitrogens with zero attached hydrogens (tertiary/aromatic N) is 1. The summed E-state index contributed by atoms with van der Waals surface area (Å²) >= 11 is 0. The first-order valence-corrected chi connectivity index (χ1v) is 9.87. The zero-order valence-electron chi connectivity index (χ0n) is 15.9. The first-order valence-electron chi connectivity index (χ1n) is 9.87. The molecule has 2 aromatic carbocycles. The van der Waals surface area contributed by atoms with Crippen LogP contribution in [0.5, 0.6) is 0 Å². The van der Waals surface area contributed by atoms with Gasteiger partial charge < -0.3 is 19.9 Å². The monoisotopic (exact) mass is 366 g/mol. The molecule has 2 aromatic rings. The lowest BCUT2D eigenvalue weighted by Gasteiger charge is -2.38. The van der Waals surface area contributed by atoms with Gasteiger partial charge in [0.15, 0.2) is 0 Å². The Morgan fingerprint density at radius 3 is 2.63 bits per heavy atom. The highest BCUT2D eigenvalue weighted by Gasteiger charge is 2.32. The van der Waals surface area contributed by atoms with Crippen LogP contribution in [0.4, 0.5) is 5.69 Å². The number of quaternary nitrogens is 1. The molecule has 4 rings (SSSR count). The third-order valence-electron chi connectivity index (χ3n) is 5.54. The Balaban J connectivity index is 1.53. The smallest absolute Gasteiger partial charge is 0.257 e. The molecule has 2 N–H and O–H groups in total. The van der Waals surface area contributed by atoms with Gasteiger partial charge >= 0.3 is 0 Å². The van der Waals surface area contributed by atoms with E-state index in [9.17, 15) is 4.79 Å². The average Bonchev–Trinajstić information content (AvgIpc) is 2.71. The third-order valence-corrected chi connectivity index (χ3v) is 5.54. The fourth-order valence-corrected chi connectivity index (χ4v) is 3.94. The molecule has 0 spiro atoms. The Kier molecular flexibility index (Phi) is 5.41. The van der Waals surface area contributed by atoms with E-state index < -0.39 is 0 Å². The summed E-state index contributed by atoms with van der Waals surface area (Å²) in [6, 6.07) is 16.3. The lowest BCUT2D eigenvalue weighted by molar-refractivity contribution is -0.908. The second-order valence-corrected chi connectivity index (χ2v) is 7.47. The number of rotatable bonds is 5. The number of nitrogens with one attached hydrogen (secondary N) is 2. The summed E-state index contributed by atoms with van der Waals surface area (Å²) in [6.45, 7) is 7.74. The van der Waals surface area contributed by atoms with Crippen LogP contribution in [0.15, 0.2) is 48.5 Å². The van der Waals surface area contributed by atoms with Gasteiger partial charge in [-0.3, -0.25) is 4.79 Å². The topological polar surface area (TPSA) is 46.0 Å². The molecule has 0 saturated carbocycles. The Hall–Kier alpha value is -2.37. The Labute approximate surface area is 160 Å². The number of benzene rings is 2. The van der Waals surface area contributed by atoms with Crippen molar-refractivity contribution in [3.05, 3.63) is 65.2 Å². The Bertz CT molecular complexity index is 784. The van der Waals surface area contributed by atoms with Gasteiger partial charge in [-0.05, 0) is 24.6 Å². The molecule has 142 valence electrons. The average molecular weight is 366 g/mol. The highest BCUT2D eigenvalue weighted by molar-refractivity contribution is 6.01. The largest absolute Gasteiger partial charge is 0.370 e. The molecule has 0 aromatic heterocycles. The first-order chi connectivity index (χ1) is 13.2. The van der Waals surface area contributed by atoms with E-state index in [0.29, 0.717) is 0 Å². The van der Waals surface area contributed by atoms with Crippen molar-refractivity contribution in [3.63, 3.8) is 0 Å². The van der Waals surface area contributed by atoms with Gasteiger partial charge in [-0.2, -0.15) is 0 Å². The summed E-state index contributed by atoms with van der Waals surface area (Å²) in [4.78, 5) is 16.8. The van der Waals surface area contributed by atoms with Crippen molar-refractivity contribution >= 4 is 11.6 Å². The maximum Gasteiger partial charge on any atom is 0.257 e. The fourth-order valence-electron chi connectivity index (χ4n) is 3.94. The van der Waals surface area contributed by atoms with Gasteiger partial charge in [0.05, 0.1) is 25.3 Å².